The van der Waals surface area contributed by atoms with Crippen molar-refractivity contribution in [2.24, 2.45) is 0 Å². The van der Waals surface area contributed by atoms with Crippen LogP contribution in [0, 0.1) is 21.7 Å². The molecule has 0 radical (unpaired) electrons. The van der Waals surface area contributed by atoms with Gasteiger partial charge in [-0.15, -0.1) is 0 Å². The summed E-state index contributed by atoms with van der Waals surface area (Å²) in [5, 5.41) is 10.4. The van der Waals surface area contributed by atoms with Crippen molar-refractivity contribution < 1.29 is 18.4 Å². The standard InChI is InChI=1S/C12H6BrF2NO3/c13-7-1-3-9(4-2-7)19-12-10(14)5-8(16(17)18)6-11(12)15/h1-6H. The van der Waals surface area contributed by atoms with Gasteiger partial charge in [-0.25, -0.2) is 8.78 Å². The molecular formula is C12H6BrF2NO3. The van der Waals surface area contributed by atoms with Crippen molar-refractivity contribution in [2.45, 2.75) is 0 Å². The first-order valence-electron chi connectivity index (χ1n) is 5.04. The summed E-state index contributed by atoms with van der Waals surface area (Å²) in [4.78, 5) is 9.56. The van der Waals surface area contributed by atoms with E-state index in [9.17, 15) is 18.9 Å². The van der Waals surface area contributed by atoms with E-state index in [0.717, 1.165) is 4.47 Å². The molecule has 19 heavy (non-hydrogen) atoms. The van der Waals surface area contributed by atoms with Gasteiger partial charge < -0.3 is 4.74 Å². The Morgan fingerprint density at radius 2 is 1.63 bits per heavy atom. The van der Waals surface area contributed by atoms with E-state index < -0.39 is 28.0 Å². The second-order valence-corrected chi connectivity index (χ2v) is 4.47. The highest BCUT2D eigenvalue weighted by Gasteiger charge is 2.18. The predicted molar refractivity (Wildman–Crippen MR) is 67.2 cm³/mol. The Balaban J connectivity index is 2.35. The van der Waals surface area contributed by atoms with E-state index in [1.54, 1.807) is 12.1 Å². The number of hydrogen-bond acceptors (Lipinski definition) is 3. The van der Waals surface area contributed by atoms with Crippen LogP contribution in [0.1, 0.15) is 0 Å². The van der Waals surface area contributed by atoms with Gasteiger partial charge in [0, 0.05) is 4.47 Å². The van der Waals surface area contributed by atoms with Crippen LogP contribution in [-0.4, -0.2) is 4.92 Å². The molecule has 0 heterocycles. The third-order valence-electron chi connectivity index (χ3n) is 2.23. The number of ether oxygens (including phenoxy) is 1. The Bertz CT molecular complexity index is 608. The van der Waals surface area contributed by atoms with Gasteiger partial charge in [-0.05, 0) is 24.3 Å². The molecule has 0 aromatic heterocycles. The Morgan fingerprint density at radius 3 is 2.11 bits per heavy atom. The van der Waals surface area contributed by atoms with E-state index >= 15 is 0 Å². The Kier molecular flexibility index (Phi) is 3.75. The van der Waals surface area contributed by atoms with Crippen molar-refractivity contribution in [1.82, 2.24) is 0 Å². The van der Waals surface area contributed by atoms with E-state index in [-0.39, 0.29) is 5.75 Å². The first kappa shape index (κ1) is 13.4. The number of nitrogens with zero attached hydrogens (tertiary/aromatic N) is 1. The number of non-ortho nitro benzene ring substituents is 1. The SMILES string of the molecule is O=[N+]([O-])c1cc(F)c(Oc2ccc(Br)cc2)c(F)c1. The lowest BCUT2D eigenvalue weighted by Gasteiger charge is -2.07. The van der Waals surface area contributed by atoms with Gasteiger partial charge in [0.15, 0.2) is 17.4 Å². The fraction of sp³-hybridized carbons (Fsp3) is 0. The Hall–Kier alpha value is -2.02. The third kappa shape index (κ3) is 3.05. The van der Waals surface area contributed by atoms with Gasteiger partial charge in [0.05, 0.1) is 17.1 Å². The third-order valence-corrected chi connectivity index (χ3v) is 2.76. The number of halogens is 3. The summed E-state index contributed by atoms with van der Waals surface area (Å²) in [5.74, 6) is -2.72. The molecule has 0 fully saturated rings. The van der Waals surface area contributed by atoms with Gasteiger partial charge in [-0.1, -0.05) is 15.9 Å². The molecule has 0 unspecified atom stereocenters. The molecule has 0 amide bonds. The fourth-order valence-corrected chi connectivity index (χ4v) is 1.63. The van der Waals surface area contributed by atoms with Crippen LogP contribution in [-0.2, 0) is 0 Å². The van der Waals surface area contributed by atoms with Crippen molar-refractivity contribution in [2.75, 3.05) is 0 Å². The molecule has 0 aliphatic carbocycles. The largest absolute Gasteiger partial charge is 0.451 e. The van der Waals surface area contributed by atoms with Crippen molar-refractivity contribution >= 4 is 21.6 Å². The topological polar surface area (TPSA) is 52.4 Å². The lowest BCUT2D eigenvalue weighted by Crippen LogP contribution is -1.96. The first-order valence-corrected chi connectivity index (χ1v) is 5.83. The van der Waals surface area contributed by atoms with E-state index in [0.29, 0.717) is 12.1 Å². The van der Waals surface area contributed by atoms with Gasteiger partial charge >= 0.3 is 0 Å². The smallest absolute Gasteiger partial charge is 0.275 e. The first-order chi connectivity index (χ1) is 8.97. The average Bonchev–Trinajstić information content (AvgIpc) is 2.35. The van der Waals surface area contributed by atoms with Gasteiger partial charge in [0.25, 0.3) is 5.69 Å². The quantitative estimate of drug-likeness (QED) is 0.618. The maximum Gasteiger partial charge on any atom is 0.275 e. The summed E-state index contributed by atoms with van der Waals surface area (Å²) >= 11 is 3.21. The molecule has 0 aliphatic rings. The molecule has 0 saturated heterocycles. The minimum atomic E-state index is -1.13. The molecule has 0 N–H and O–H groups in total. The highest BCUT2D eigenvalue weighted by molar-refractivity contribution is 9.10. The fourth-order valence-electron chi connectivity index (χ4n) is 1.37. The van der Waals surface area contributed by atoms with E-state index in [2.05, 4.69) is 15.9 Å². The highest BCUT2D eigenvalue weighted by atomic mass is 79.9. The number of nitro groups is 1. The average molecular weight is 330 g/mol. The van der Waals surface area contributed by atoms with Crippen LogP contribution in [0.4, 0.5) is 14.5 Å². The Labute approximate surface area is 114 Å². The summed E-state index contributed by atoms with van der Waals surface area (Å²) in [6.45, 7) is 0. The van der Waals surface area contributed by atoms with Gasteiger partial charge in [-0.2, -0.15) is 0 Å². The number of benzene rings is 2. The molecule has 0 aliphatic heterocycles. The minimum Gasteiger partial charge on any atom is -0.451 e. The summed E-state index contributed by atoms with van der Waals surface area (Å²) < 4.78 is 32.9. The summed E-state index contributed by atoms with van der Waals surface area (Å²) in [6, 6.07) is 7.50. The van der Waals surface area contributed by atoms with Crippen LogP contribution < -0.4 is 4.74 Å². The zero-order valence-electron chi connectivity index (χ0n) is 9.27. The number of nitro benzene ring substituents is 1. The van der Waals surface area contributed by atoms with Crippen LogP contribution >= 0.6 is 15.9 Å². The molecular weight excluding hydrogens is 324 g/mol. The number of hydrogen-bond donors (Lipinski definition) is 0. The molecule has 0 saturated carbocycles. The van der Waals surface area contributed by atoms with Crippen molar-refractivity contribution in [3.63, 3.8) is 0 Å². The zero-order valence-corrected chi connectivity index (χ0v) is 10.9. The zero-order chi connectivity index (χ0) is 14.0. The molecule has 98 valence electrons. The van der Waals surface area contributed by atoms with E-state index in [4.69, 9.17) is 4.74 Å². The Morgan fingerprint density at radius 1 is 1.11 bits per heavy atom. The van der Waals surface area contributed by atoms with Gasteiger partial charge in [0.2, 0.25) is 0 Å². The van der Waals surface area contributed by atoms with E-state index in [1.165, 1.54) is 12.1 Å². The van der Waals surface area contributed by atoms with Crippen LogP contribution in [0.25, 0.3) is 0 Å². The maximum atomic E-state index is 13.6. The maximum absolute atomic E-state index is 13.6. The second kappa shape index (κ2) is 5.31. The van der Waals surface area contributed by atoms with Gasteiger partial charge in [0.1, 0.15) is 5.75 Å². The van der Waals surface area contributed by atoms with Crippen LogP contribution in [0.3, 0.4) is 0 Å². The van der Waals surface area contributed by atoms with Crippen molar-refractivity contribution in [3.8, 4) is 11.5 Å². The lowest BCUT2D eigenvalue weighted by atomic mass is 10.2. The molecule has 0 spiro atoms. The van der Waals surface area contributed by atoms with Crippen LogP contribution in [0.15, 0.2) is 40.9 Å². The van der Waals surface area contributed by atoms with Gasteiger partial charge in [-0.3, -0.25) is 10.1 Å². The monoisotopic (exact) mass is 329 g/mol. The van der Waals surface area contributed by atoms with Crippen molar-refractivity contribution in [3.05, 3.63) is 62.6 Å². The van der Waals surface area contributed by atoms with Crippen LogP contribution in [0.5, 0.6) is 11.5 Å². The normalized spacial score (nSPS) is 10.3. The number of rotatable bonds is 3. The molecule has 0 bridgehead atoms. The minimum absolute atomic E-state index is 0.217. The van der Waals surface area contributed by atoms with Crippen molar-refractivity contribution in [1.29, 1.82) is 0 Å². The summed E-state index contributed by atoms with van der Waals surface area (Å²) in [6.07, 6.45) is 0. The summed E-state index contributed by atoms with van der Waals surface area (Å²) in [7, 11) is 0. The molecule has 2 rings (SSSR count). The van der Waals surface area contributed by atoms with Crippen LogP contribution in [0.2, 0.25) is 0 Å². The predicted octanol–water partition coefficient (Wildman–Crippen LogP) is 4.43. The molecule has 2 aromatic rings. The second-order valence-electron chi connectivity index (χ2n) is 3.55. The molecule has 0 atom stereocenters. The summed E-state index contributed by atoms with van der Waals surface area (Å²) in [5.41, 5.74) is -0.668. The molecule has 4 nitrogen and oxygen atoms in total. The molecule has 7 heteroatoms. The molecule has 2 aromatic carbocycles. The van der Waals surface area contributed by atoms with E-state index in [1.807, 2.05) is 0 Å². The highest BCUT2D eigenvalue weighted by Crippen LogP contribution is 2.31. The lowest BCUT2D eigenvalue weighted by molar-refractivity contribution is -0.385.